The number of nitrogens with zero attached hydrogens (tertiary/aromatic N) is 1. The number of ketones is 1. The van der Waals surface area contributed by atoms with E-state index in [4.69, 9.17) is 14.2 Å². The number of Topliss-reactive ketones (excluding diaryl/α,β-unsaturated/α-hetero) is 1. The van der Waals surface area contributed by atoms with Crippen LogP contribution in [0.1, 0.15) is 5.56 Å². The normalized spacial score (nSPS) is 18.6. The Morgan fingerprint density at radius 3 is 2.39 bits per heavy atom. The third-order valence-corrected chi connectivity index (χ3v) is 5.30. The van der Waals surface area contributed by atoms with Crippen molar-refractivity contribution < 1.29 is 33.4 Å². The molecule has 0 unspecified atom stereocenters. The second kappa shape index (κ2) is 12.3. The lowest BCUT2D eigenvalue weighted by atomic mass is 10.0. The Bertz CT molecular complexity index is 836. The van der Waals surface area contributed by atoms with Gasteiger partial charge in [-0.2, -0.15) is 0 Å². The molecule has 1 aromatic rings. The Morgan fingerprint density at radius 2 is 1.76 bits per heavy atom. The van der Waals surface area contributed by atoms with Crippen molar-refractivity contribution >= 4 is 23.5 Å². The Kier molecular flexibility index (Phi) is 9.16. The topological polar surface area (TPSA) is 139 Å². The number of carbonyl (C=O) groups is 4. The molecule has 33 heavy (non-hydrogen) atoms. The minimum atomic E-state index is -0.921. The standard InChI is InChI=1S/C22H30N4O7/c1-31-16-4-2-15(3-5-16)10-17(22(30)24-11-18(27)19-14-33-19)25-20(28)12-23-21(29)13-26-6-8-32-9-7-26/h2-5,17,19H,6-14H2,1H3,(H,23,29)(H,24,30)(H,25,28)/t17-,19+/m0/s1. The van der Waals surface area contributed by atoms with E-state index in [9.17, 15) is 19.2 Å². The predicted molar refractivity (Wildman–Crippen MR) is 117 cm³/mol. The highest BCUT2D eigenvalue weighted by Gasteiger charge is 2.31. The van der Waals surface area contributed by atoms with E-state index in [2.05, 4.69) is 16.0 Å². The molecule has 11 nitrogen and oxygen atoms in total. The molecule has 0 spiro atoms. The molecule has 2 aliphatic heterocycles. The van der Waals surface area contributed by atoms with Crippen LogP contribution in [0.15, 0.2) is 24.3 Å². The highest BCUT2D eigenvalue weighted by atomic mass is 16.6. The minimum absolute atomic E-state index is 0.172. The second-order valence-corrected chi connectivity index (χ2v) is 7.84. The number of morpholine rings is 1. The van der Waals surface area contributed by atoms with Crippen molar-refractivity contribution in [2.24, 2.45) is 0 Å². The van der Waals surface area contributed by atoms with E-state index in [1.807, 2.05) is 4.90 Å². The summed E-state index contributed by atoms with van der Waals surface area (Å²) in [5, 5.41) is 7.78. The van der Waals surface area contributed by atoms with Gasteiger partial charge in [0.25, 0.3) is 0 Å². The molecule has 0 aromatic heterocycles. The van der Waals surface area contributed by atoms with E-state index in [0.29, 0.717) is 38.7 Å². The first-order chi connectivity index (χ1) is 15.9. The van der Waals surface area contributed by atoms with Crippen LogP contribution in [0, 0.1) is 0 Å². The van der Waals surface area contributed by atoms with Crippen LogP contribution >= 0.6 is 0 Å². The van der Waals surface area contributed by atoms with Gasteiger partial charge in [0.1, 0.15) is 17.9 Å². The van der Waals surface area contributed by atoms with Crippen molar-refractivity contribution in [2.75, 3.05) is 59.7 Å². The van der Waals surface area contributed by atoms with Crippen LogP contribution < -0.4 is 20.7 Å². The zero-order chi connectivity index (χ0) is 23.6. The zero-order valence-corrected chi connectivity index (χ0v) is 18.6. The molecule has 0 radical (unpaired) electrons. The van der Waals surface area contributed by atoms with Gasteiger partial charge in [-0.1, -0.05) is 12.1 Å². The largest absolute Gasteiger partial charge is 0.497 e. The monoisotopic (exact) mass is 462 g/mol. The molecule has 2 aliphatic rings. The van der Waals surface area contributed by atoms with Crippen LogP contribution in [0.3, 0.4) is 0 Å². The van der Waals surface area contributed by atoms with Gasteiger partial charge in [0, 0.05) is 19.5 Å². The van der Waals surface area contributed by atoms with Crippen molar-refractivity contribution in [3.05, 3.63) is 29.8 Å². The van der Waals surface area contributed by atoms with E-state index in [1.54, 1.807) is 31.4 Å². The molecule has 11 heteroatoms. The van der Waals surface area contributed by atoms with Crippen LogP contribution in [0.25, 0.3) is 0 Å². The first kappa shape index (κ1) is 24.6. The predicted octanol–water partition coefficient (Wildman–Crippen LogP) is -1.74. The maximum Gasteiger partial charge on any atom is 0.243 e. The number of hydrogen-bond acceptors (Lipinski definition) is 8. The van der Waals surface area contributed by atoms with Gasteiger partial charge in [0.05, 0.1) is 46.6 Å². The van der Waals surface area contributed by atoms with Crippen LogP contribution in [-0.2, 0) is 35.1 Å². The number of amides is 3. The van der Waals surface area contributed by atoms with Crippen molar-refractivity contribution in [1.29, 1.82) is 0 Å². The third-order valence-electron chi connectivity index (χ3n) is 5.30. The fourth-order valence-electron chi connectivity index (χ4n) is 3.29. The summed E-state index contributed by atoms with van der Waals surface area (Å²) in [5.74, 6) is -0.822. The van der Waals surface area contributed by atoms with Crippen molar-refractivity contribution in [2.45, 2.75) is 18.6 Å². The van der Waals surface area contributed by atoms with Gasteiger partial charge < -0.3 is 30.2 Å². The fraction of sp³-hybridized carbons (Fsp3) is 0.545. The molecule has 2 heterocycles. The Morgan fingerprint density at radius 1 is 1.06 bits per heavy atom. The number of hydrogen-bond donors (Lipinski definition) is 3. The summed E-state index contributed by atoms with van der Waals surface area (Å²) in [5.41, 5.74) is 0.796. The summed E-state index contributed by atoms with van der Waals surface area (Å²) in [7, 11) is 1.55. The quantitative estimate of drug-likeness (QED) is 0.311. The van der Waals surface area contributed by atoms with Crippen molar-refractivity contribution in [3.63, 3.8) is 0 Å². The highest BCUT2D eigenvalue weighted by Crippen LogP contribution is 2.13. The van der Waals surface area contributed by atoms with Gasteiger partial charge in [-0.3, -0.25) is 24.1 Å². The van der Waals surface area contributed by atoms with Gasteiger partial charge in [0.2, 0.25) is 17.7 Å². The van der Waals surface area contributed by atoms with Crippen LogP contribution in [0.2, 0.25) is 0 Å². The number of methoxy groups -OCH3 is 1. The van der Waals surface area contributed by atoms with E-state index < -0.39 is 24.0 Å². The average Bonchev–Trinajstić information content (AvgIpc) is 3.67. The molecule has 0 aliphatic carbocycles. The summed E-state index contributed by atoms with van der Waals surface area (Å²) >= 11 is 0. The first-order valence-corrected chi connectivity index (χ1v) is 10.9. The molecule has 3 rings (SSSR count). The average molecular weight is 463 g/mol. The van der Waals surface area contributed by atoms with Crippen LogP contribution in [0.4, 0.5) is 0 Å². The summed E-state index contributed by atoms with van der Waals surface area (Å²) in [4.78, 5) is 51.0. The van der Waals surface area contributed by atoms with E-state index in [1.165, 1.54) is 0 Å². The molecule has 3 amide bonds. The van der Waals surface area contributed by atoms with Crippen molar-refractivity contribution in [3.8, 4) is 5.75 Å². The highest BCUT2D eigenvalue weighted by molar-refractivity contribution is 5.94. The van der Waals surface area contributed by atoms with Gasteiger partial charge in [-0.05, 0) is 17.7 Å². The molecule has 0 bridgehead atoms. The molecule has 3 N–H and O–H groups in total. The lowest BCUT2D eigenvalue weighted by molar-refractivity contribution is -0.131. The Balaban J connectivity index is 1.52. The van der Waals surface area contributed by atoms with E-state index in [-0.39, 0.29) is 37.7 Å². The van der Waals surface area contributed by atoms with Crippen molar-refractivity contribution in [1.82, 2.24) is 20.9 Å². The fourth-order valence-corrected chi connectivity index (χ4v) is 3.29. The summed E-state index contributed by atoms with van der Waals surface area (Å²) in [6.07, 6.45) is -0.251. The molecular formula is C22H30N4O7. The smallest absolute Gasteiger partial charge is 0.243 e. The molecule has 1 aromatic carbocycles. The number of rotatable bonds is 12. The van der Waals surface area contributed by atoms with Gasteiger partial charge in [-0.15, -0.1) is 0 Å². The Labute approximate surface area is 192 Å². The number of carbonyl (C=O) groups excluding carboxylic acids is 4. The number of nitrogens with one attached hydrogen (secondary N) is 3. The first-order valence-electron chi connectivity index (χ1n) is 10.9. The molecule has 2 atom stereocenters. The molecule has 0 saturated carbocycles. The van der Waals surface area contributed by atoms with Crippen LogP contribution in [0.5, 0.6) is 5.75 Å². The SMILES string of the molecule is COc1ccc(C[C@H](NC(=O)CNC(=O)CN2CCOCC2)C(=O)NCC(=O)[C@H]2CO2)cc1. The maximum atomic E-state index is 12.7. The molecule has 2 saturated heterocycles. The molecular weight excluding hydrogens is 432 g/mol. The Hall–Kier alpha value is -3.02. The molecule has 180 valence electrons. The lowest BCUT2D eigenvalue weighted by Crippen LogP contribution is -2.52. The summed E-state index contributed by atoms with van der Waals surface area (Å²) < 4.78 is 15.3. The lowest BCUT2D eigenvalue weighted by Gasteiger charge is -2.25. The van der Waals surface area contributed by atoms with Gasteiger partial charge in [0.15, 0.2) is 5.78 Å². The molecule has 2 fully saturated rings. The zero-order valence-electron chi connectivity index (χ0n) is 18.6. The third kappa shape index (κ3) is 8.44. The summed E-state index contributed by atoms with van der Waals surface area (Å²) in [6, 6.07) is 6.17. The van der Waals surface area contributed by atoms with Gasteiger partial charge in [-0.25, -0.2) is 0 Å². The minimum Gasteiger partial charge on any atom is -0.497 e. The van der Waals surface area contributed by atoms with E-state index >= 15 is 0 Å². The van der Waals surface area contributed by atoms with Crippen LogP contribution in [-0.4, -0.2) is 100 Å². The second-order valence-electron chi connectivity index (χ2n) is 7.84. The number of ether oxygens (including phenoxy) is 3. The summed E-state index contributed by atoms with van der Waals surface area (Å²) in [6.45, 7) is 2.58. The van der Waals surface area contributed by atoms with Gasteiger partial charge >= 0.3 is 0 Å². The maximum absolute atomic E-state index is 12.7. The number of benzene rings is 1. The van der Waals surface area contributed by atoms with E-state index in [0.717, 1.165) is 5.56 Å². The number of epoxide rings is 1.